The Kier molecular flexibility index (Phi) is 3.41. The maximum Gasteiger partial charge on any atom is 0.110 e. The number of hydrogen-bond acceptors (Lipinski definition) is 3. The highest BCUT2D eigenvalue weighted by atomic mass is 32.1. The summed E-state index contributed by atoms with van der Waals surface area (Å²) < 4.78 is 2.19. The Hall–Kier alpha value is -1.13. The molecule has 0 unspecified atom stereocenters. The van der Waals surface area contributed by atoms with Crippen molar-refractivity contribution in [2.45, 2.75) is 13.3 Å². The molecule has 0 radical (unpaired) electrons. The van der Waals surface area contributed by atoms with Crippen LogP contribution < -0.4 is 5.32 Å². The summed E-state index contributed by atoms with van der Waals surface area (Å²) in [5.41, 5.74) is 2.37. The molecule has 0 saturated carbocycles. The van der Waals surface area contributed by atoms with Crippen LogP contribution >= 0.6 is 11.3 Å². The Balaban J connectivity index is 2.34. The second-order valence-corrected chi connectivity index (χ2v) is 4.80. The minimum Gasteiger partial charge on any atom is -0.335 e. The highest BCUT2D eigenvalue weighted by molar-refractivity contribution is 7.13. The third kappa shape index (κ3) is 2.03. The first-order valence-electron chi connectivity index (χ1n) is 5.44. The number of imidazole rings is 1. The maximum absolute atomic E-state index is 4.72. The predicted molar refractivity (Wildman–Crippen MR) is 68.9 cm³/mol. The minimum absolute atomic E-state index is 0.966. The molecule has 2 heterocycles. The summed E-state index contributed by atoms with van der Waals surface area (Å²) in [6, 6.07) is 4.20. The fourth-order valence-electron chi connectivity index (χ4n) is 1.74. The van der Waals surface area contributed by atoms with Gasteiger partial charge in [0.1, 0.15) is 11.5 Å². The van der Waals surface area contributed by atoms with Crippen LogP contribution in [0.3, 0.4) is 0 Å². The molecule has 0 amide bonds. The Morgan fingerprint density at radius 2 is 2.31 bits per heavy atom. The summed E-state index contributed by atoms with van der Waals surface area (Å²) in [5, 5.41) is 5.25. The lowest BCUT2D eigenvalue weighted by Gasteiger charge is -2.01. The van der Waals surface area contributed by atoms with Crippen molar-refractivity contribution in [3.05, 3.63) is 29.0 Å². The van der Waals surface area contributed by atoms with Crippen molar-refractivity contribution < 1.29 is 0 Å². The monoisotopic (exact) mass is 235 g/mol. The van der Waals surface area contributed by atoms with Gasteiger partial charge in [-0.05, 0) is 25.4 Å². The molecule has 0 aliphatic carbocycles. The summed E-state index contributed by atoms with van der Waals surface area (Å²) >= 11 is 1.74. The van der Waals surface area contributed by atoms with E-state index in [0.717, 1.165) is 24.5 Å². The van der Waals surface area contributed by atoms with Crippen molar-refractivity contribution in [3.63, 3.8) is 0 Å². The topological polar surface area (TPSA) is 29.9 Å². The van der Waals surface area contributed by atoms with Gasteiger partial charge in [-0.15, -0.1) is 11.3 Å². The van der Waals surface area contributed by atoms with E-state index in [4.69, 9.17) is 4.98 Å². The second-order valence-electron chi connectivity index (χ2n) is 3.85. The lowest BCUT2D eigenvalue weighted by atomic mass is 10.3. The lowest BCUT2D eigenvalue weighted by molar-refractivity contribution is 0.710. The third-order valence-corrected chi connectivity index (χ3v) is 3.70. The van der Waals surface area contributed by atoms with Gasteiger partial charge in [0.2, 0.25) is 0 Å². The summed E-state index contributed by atoms with van der Waals surface area (Å²) in [6.45, 7) is 3.10. The number of hydrogen-bond donors (Lipinski definition) is 1. The number of rotatable bonds is 4. The number of nitrogens with one attached hydrogen (secondary N) is 1. The Morgan fingerprint density at radius 1 is 1.50 bits per heavy atom. The highest BCUT2D eigenvalue weighted by Gasteiger charge is 2.12. The number of nitrogens with zero attached hydrogens (tertiary/aromatic N) is 2. The number of aromatic nitrogens is 2. The molecule has 2 aromatic heterocycles. The van der Waals surface area contributed by atoms with Crippen molar-refractivity contribution in [2.24, 2.45) is 7.05 Å². The zero-order chi connectivity index (χ0) is 11.5. The molecule has 2 aromatic rings. The first-order chi connectivity index (χ1) is 7.74. The Bertz CT molecular complexity index is 457. The van der Waals surface area contributed by atoms with E-state index in [0.29, 0.717) is 0 Å². The van der Waals surface area contributed by atoms with E-state index < -0.39 is 0 Å². The van der Waals surface area contributed by atoms with Gasteiger partial charge in [0.05, 0.1) is 4.88 Å². The first kappa shape index (κ1) is 11.4. The molecule has 0 aliphatic rings. The zero-order valence-corrected chi connectivity index (χ0v) is 10.8. The molecular weight excluding hydrogens is 218 g/mol. The molecule has 0 aliphatic heterocycles. The van der Waals surface area contributed by atoms with Crippen molar-refractivity contribution in [1.29, 1.82) is 0 Å². The largest absolute Gasteiger partial charge is 0.335 e. The van der Waals surface area contributed by atoms with Gasteiger partial charge >= 0.3 is 0 Å². The summed E-state index contributed by atoms with van der Waals surface area (Å²) in [5.74, 6) is 1.15. The van der Waals surface area contributed by atoms with E-state index in [1.807, 2.05) is 7.05 Å². The predicted octanol–water partition coefficient (Wildman–Crippen LogP) is 2.22. The van der Waals surface area contributed by atoms with Crippen LogP contribution in [0.15, 0.2) is 17.5 Å². The SMILES string of the molecule is CNCCc1nc(-c2cccs2)c(C)n1C. The fraction of sp³-hybridized carbons (Fsp3) is 0.417. The van der Waals surface area contributed by atoms with Gasteiger partial charge in [-0.25, -0.2) is 4.98 Å². The van der Waals surface area contributed by atoms with Gasteiger partial charge in [0, 0.05) is 25.7 Å². The molecule has 16 heavy (non-hydrogen) atoms. The molecule has 0 bridgehead atoms. The van der Waals surface area contributed by atoms with E-state index in [1.165, 1.54) is 10.6 Å². The zero-order valence-electron chi connectivity index (χ0n) is 9.95. The van der Waals surface area contributed by atoms with E-state index in [-0.39, 0.29) is 0 Å². The molecule has 0 saturated heterocycles. The van der Waals surface area contributed by atoms with Gasteiger partial charge in [0.25, 0.3) is 0 Å². The Labute approximate surface area is 100 Å². The smallest absolute Gasteiger partial charge is 0.110 e. The van der Waals surface area contributed by atoms with Gasteiger partial charge in [-0.1, -0.05) is 6.07 Å². The van der Waals surface area contributed by atoms with Crippen LogP contribution in [0.25, 0.3) is 10.6 Å². The molecule has 0 spiro atoms. The Morgan fingerprint density at radius 3 is 2.94 bits per heavy atom. The van der Waals surface area contributed by atoms with Crippen molar-refractivity contribution in [2.75, 3.05) is 13.6 Å². The first-order valence-corrected chi connectivity index (χ1v) is 6.32. The molecule has 2 rings (SSSR count). The molecule has 4 heteroatoms. The highest BCUT2D eigenvalue weighted by Crippen LogP contribution is 2.27. The van der Waals surface area contributed by atoms with E-state index in [2.05, 4.69) is 41.4 Å². The average molecular weight is 235 g/mol. The van der Waals surface area contributed by atoms with Crippen LogP contribution in [0, 0.1) is 6.92 Å². The molecule has 86 valence electrons. The van der Waals surface area contributed by atoms with Crippen molar-refractivity contribution in [1.82, 2.24) is 14.9 Å². The summed E-state index contributed by atoms with van der Waals surface area (Å²) in [7, 11) is 4.06. The lowest BCUT2D eigenvalue weighted by Crippen LogP contribution is -2.13. The number of likely N-dealkylation sites (N-methyl/N-ethyl adjacent to an activating group) is 1. The molecule has 0 atom stereocenters. The van der Waals surface area contributed by atoms with Crippen LogP contribution in [0.1, 0.15) is 11.5 Å². The number of thiophene rings is 1. The molecule has 1 N–H and O–H groups in total. The van der Waals surface area contributed by atoms with E-state index in [1.54, 1.807) is 11.3 Å². The molecular formula is C12H17N3S. The van der Waals surface area contributed by atoms with Crippen LogP contribution in [-0.2, 0) is 13.5 Å². The molecule has 0 fully saturated rings. The minimum atomic E-state index is 0.966. The quantitative estimate of drug-likeness (QED) is 0.880. The fourth-order valence-corrected chi connectivity index (χ4v) is 2.51. The van der Waals surface area contributed by atoms with Crippen LogP contribution in [0.4, 0.5) is 0 Å². The summed E-state index contributed by atoms with van der Waals surface area (Å²) in [4.78, 5) is 5.98. The van der Waals surface area contributed by atoms with Crippen LogP contribution in [0.2, 0.25) is 0 Å². The summed E-state index contributed by atoms with van der Waals surface area (Å²) in [6.07, 6.45) is 0.971. The van der Waals surface area contributed by atoms with Gasteiger partial charge in [-0.3, -0.25) is 0 Å². The maximum atomic E-state index is 4.72. The van der Waals surface area contributed by atoms with Crippen LogP contribution in [0.5, 0.6) is 0 Å². The van der Waals surface area contributed by atoms with Gasteiger partial charge in [-0.2, -0.15) is 0 Å². The molecule has 0 aromatic carbocycles. The average Bonchev–Trinajstić information content (AvgIpc) is 2.88. The van der Waals surface area contributed by atoms with Crippen molar-refractivity contribution >= 4 is 11.3 Å². The second kappa shape index (κ2) is 4.80. The van der Waals surface area contributed by atoms with Gasteiger partial charge < -0.3 is 9.88 Å². The van der Waals surface area contributed by atoms with Gasteiger partial charge in [0.15, 0.2) is 0 Å². The standard InChI is InChI=1S/C12H17N3S/c1-9-12(10-5-4-8-16-10)14-11(15(9)3)6-7-13-2/h4-5,8,13H,6-7H2,1-3H3. The van der Waals surface area contributed by atoms with E-state index in [9.17, 15) is 0 Å². The van der Waals surface area contributed by atoms with Crippen molar-refractivity contribution in [3.8, 4) is 10.6 Å². The third-order valence-electron chi connectivity index (χ3n) is 2.83. The van der Waals surface area contributed by atoms with E-state index >= 15 is 0 Å². The normalized spacial score (nSPS) is 10.9. The molecule has 3 nitrogen and oxygen atoms in total. The van der Waals surface area contributed by atoms with Crippen LogP contribution in [-0.4, -0.2) is 23.1 Å².